The van der Waals surface area contributed by atoms with Crippen LogP contribution in [-0.2, 0) is 11.2 Å². The quantitative estimate of drug-likeness (QED) is 0.0934. The lowest BCUT2D eigenvalue weighted by Crippen LogP contribution is -2.14. The van der Waals surface area contributed by atoms with Gasteiger partial charge in [0.15, 0.2) is 5.76 Å². The molecule has 1 aromatic heterocycles. The van der Waals surface area contributed by atoms with Crippen molar-refractivity contribution in [2.24, 2.45) is 5.16 Å². The average Bonchev–Trinajstić information content (AvgIpc) is 3.31. The van der Waals surface area contributed by atoms with Crippen LogP contribution in [0, 0.1) is 0 Å². The van der Waals surface area contributed by atoms with Crippen LogP contribution in [0.15, 0.2) is 87.3 Å². The first-order valence-electron chi connectivity index (χ1n) is 11.4. The first-order valence-corrected chi connectivity index (χ1v) is 12.4. The second-order valence-corrected chi connectivity index (χ2v) is 10.2. The Balaban J connectivity index is 1.44. The van der Waals surface area contributed by atoms with Crippen LogP contribution in [-0.4, -0.2) is 16.7 Å². The van der Waals surface area contributed by atoms with Crippen LogP contribution in [0.25, 0.3) is 11.0 Å². The van der Waals surface area contributed by atoms with Crippen LogP contribution in [0.1, 0.15) is 66.9 Å². The number of oxime groups is 1. The molecule has 0 aliphatic heterocycles. The lowest BCUT2D eigenvalue weighted by atomic mass is 9.82. The maximum atomic E-state index is 13.0. The van der Waals surface area contributed by atoms with Crippen molar-refractivity contribution in [1.82, 2.24) is 0 Å². The smallest absolute Gasteiger partial charge is 0.228 e. The minimum Gasteiger partial charge on any atom is -0.453 e. The first kappa shape index (κ1) is 23.8. The normalized spacial score (nSPS) is 12.3. The van der Waals surface area contributed by atoms with E-state index in [2.05, 4.69) is 38.1 Å². The summed E-state index contributed by atoms with van der Waals surface area (Å²) < 4.78 is 5.88. The standard InChI is InChI=1S/C29H29NO3S/c1-5-29(3,4)24-12-15-26-23(16-24)17-27(33-26)28(31)22-10-13-25(14-11-22)34-18-20-6-8-21(9-7-20)19(2)30-32/h6-17,32H,5,18H2,1-4H3. The highest BCUT2D eigenvalue weighted by atomic mass is 32.2. The third-order valence-electron chi connectivity index (χ3n) is 6.45. The number of benzene rings is 3. The molecule has 1 N–H and O–H groups in total. The highest BCUT2D eigenvalue weighted by Crippen LogP contribution is 2.31. The molecule has 0 radical (unpaired) electrons. The Labute approximate surface area is 204 Å². The number of hydrogen-bond acceptors (Lipinski definition) is 5. The number of carbonyl (C=O) groups excluding carboxylic acids is 1. The van der Waals surface area contributed by atoms with Crippen molar-refractivity contribution in [3.63, 3.8) is 0 Å². The molecule has 174 valence electrons. The lowest BCUT2D eigenvalue weighted by Gasteiger charge is -2.23. The van der Waals surface area contributed by atoms with Crippen molar-refractivity contribution in [1.29, 1.82) is 0 Å². The van der Waals surface area contributed by atoms with Gasteiger partial charge in [0, 0.05) is 21.6 Å². The Kier molecular flexibility index (Phi) is 6.94. The third-order valence-corrected chi connectivity index (χ3v) is 7.53. The zero-order valence-electron chi connectivity index (χ0n) is 20.0. The van der Waals surface area contributed by atoms with Gasteiger partial charge < -0.3 is 9.62 Å². The molecule has 5 heteroatoms. The number of fused-ring (bicyclic) bond motifs is 1. The van der Waals surface area contributed by atoms with E-state index >= 15 is 0 Å². The van der Waals surface area contributed by atoms with Gasteiger partial charge in [0.2, 0.25) is 5.78 Å². The van der Waals surface area contributed by atoms with Crippen molar-refractivity contribution >= 4 is 34.2 Å². The van der Waals surface area contributed by atoms with Crippen LogP contribution < -0.4 is 0 Å². The molecule has 4 aromatic rings. The minimum atomic E-state index is -0.111. The topological polar surface area (TPSA) is 62.8 Å². The molecule has 0 aliphatic carbocycles. The van der Waals surface area contributed by atoms with E-state index in [1.165, 1.54) is 11.1 Å². The molecule has 3 aromatic carbocycles. The van der Waals surface area contributed by atoms with Crippen LogP contribution >= 0.6 is 11.8 Å². The maximum absolute atomic E-state index is 13.0. The van der Waals surface area contributed by atoms with Crippen LogP contribution in [0.3, 0.4) is 0 Å². The molecule has 34 heavy (non-hydrogen) atoms. The summed E-state index contributed by atoms with van der Waals surface area (Å²) >= 11 is 1.71. The molecule has 4 nitrogen and oxygen atoms in total. The lowest BCUT2D eigenvalue weighted by molar-refractivity contribution is 0.101. The Morgan fingerprint density at radius 1 is 0.971 bits per heavy atom. The van der Waals surface area contributed by atoms with Crippen LogP contribution in [0.4, 0.5) is 0 Å². The number of rotatable bonds is 8. The summed E-state index contributed by atoms with van der Waals surface area (Å²) in [5, 5.41) is 13.1. The summed E-state index contributed by atoms with van der Waals surface area (Å²) in [6, 6.07) is 23.6. The Morgan fingerprint density at radius 2 is 1.65 bits per heavy atom. The van der Waals surface area contributed by atoms with Gasteiger partial charge in [0.05, 0.1) is 5.71 Å². The van der Waals surface area contributed by atoms with Crippen molar-refractivity contribution < 1.29 is 14.4 Å². The molecule has 0 bridgehead atoms. The number of ketones is 1. The van der Waals surface area contributed by atoms with Crippen molar-refractivity contribution in [3.05, 3.63) is 101 Å². The third kappa shape index (κ3) is 5.10. The van der Waals surface area contributed by atoms with Crippen LogP contribution in [0.5, 0.6) is 0 Å². The molecule has 0 aliphatic rings. The molecule has 0 saturated carbocycles. The van der Waals surface area contributed by atoms with E-state index in [0.717, 1.165) is 33.6 Å². The fourth-order valence-electron chi connectivity index (χ4n) is 3.69. The van der Waals surface area contributed by atoms with Crippen molar-refractivity contribution in [2.45, 2.75) is 50.2 Å². The second kappa shape index (κ2) is 9.90. The van der Waals surface area contributed by atoms with Gasteiger partial charge >= 0.3 is 0 Å². The van der Waals surface area contributed by atoms with E-state index in [9.17, 15) is 4.79 Å². The van der Waals surface area contributed by atoms with E-state index in [1.54, 1.807) is 18.7 Å². The fourth-order valence-corrected chi connectivity index (χ4v) is 4.55. The summed E-state index contributed by atoms with van der Waals surface area (Å²) in [6.07, 6.45) is 1.04. The summed E-state index contributed by atoms with van der Waals surface area (Å²) in [7, 11) is 0. The molecular weight excluding hydrogens is 442 g/mol. The number of nitrogens with zero attached hydrogens (tertiary/aromatic N) is 1. The van der Waals surface area contributed by atoms with Crippen LogP contribution in [0.2, 0.25) is 0 Å². The summed E-state index contributed by atoms with van der Waals surface area (Å²) in [5.74, 6) is 1.06. The Hall–Kier alpha value is -3.31. The molecule has 0 unspecified atom stereocenters. The van der Waals surface area contributed by atoms with E-state index in [1.807, 2.05) is 60.7 Å². The molecule has 0 amide bonds. The number of thioether (sulfide) groups is 1. The zero-order valence-corrected chi connectivity index (χ0v) is 20.8. The molecule has 0 saturated heterocycles. The molecule has 0 atom stereocenters. The van der Waals surface area contributed by atoms with Gasteiger partial charge in [-0.1, -0.05) is 56.3 Å². The highest BCUT2D eigenvalue weighted by molar-refractivity contribution is 7.98. The van der Waals surface area contributed by atoms with Gasteiger partial charge in [-0.2, -0.15) is 0 Å². The Morgan fingerprint density at radius 3 is 2.29 bits per heavy atom. The summed E-state index contributed by atoms with van der Waals surface area (Å²) in [6.45, 7) is 8.40. The van der Waals surface area contributed by atoms with E-state index in [4.69, 9.17) is 9.62 Å². The Bertz CT molecular complexity index is 1330. The van der Waals surface area contributed by atoms with Gasteiger partial charge in [-0.3, -0.25) is 4.79 Å². The minimum absolute atomic E-state index is 0.0811. The number of carbonyl (C=O) groups is 1. The van der Waals surface area contributed by atoms with Gasteiger partial charge in [-0.15, -0.1) is 11.8 Å². The van der Waals surface area contributed by atoms with Crippen molar-refractivity contribution in [3.8, 4) is 0 Å². The molecule has 4 rings (SSSR count). The first-order chi connectivity index (χ1) is 16.3. The maximum Gasteiger partial charge on any atom is 0.228 e. The zero-order chi connectivity index (χ0) is 24.3. The molecule has 0 spiro atoms. The van der Waals surface area contributed by atoms with Gasteiger partial charge in [0.25, 0.3) is 0 Å². The average molecular weight is 472 g/mol. The SMILES string of the molecule is CCC(C)(C)c1ccc2oc(C(=O)c3ccc(SCc4ccc(C(C)=NO)cc4)cc3)cc2c1. The molecular formula is C29H29NO3S. The van der Waals surface area contributed by atoms with Gasteiger partial charge in [0.1, 0.15) is 5.58 Å². The fraction of sp³-hybridized carbons (Fsp3) is 0.241. The van der Waals surface area contributed by atoms with E-state index in [-0.39, 0.29) is 11.2 Å². The summed E-state index contributed by atoms with van der Waals surface area (Å²) in [5.41, 5.74) is 5.34. The predicted molar refractivity (Wildman–Crippen MR) is 139 cm³/mol. The van der Waals surface area contributed by atoms with Gasteiger partial charge in [-0.25, -0.2) is 0 Å². The largest absolute Gasteiger partial charge is 0.453 e. The molecule has 1 heterocycles. The van der Waals surface area contributed by atoms with Gasteiger partial charge in [-0.05, 0) is 77.9 Å². The second-order valence-electron chi connectivity index (χ2n) is 9.13. The van der Waals surface area contributed by atoms with Crippen molar-refractivity contribution in [2.75, 3.05) is 0 Å². The summed E-state index contributed by atoms with van der Waals surface area (Å²) in [4.78, 5) is 14.1. The highest BCUT2D eigenvalue weighted by Gasteiger charge is 2.20. The van der Waals surface area contributed by atoms with E-state index < -0.39 is 0 Å². The number of furan rings is 1. The molecule has 0 fully saturated rings. The monoisotopic (exact) mass is 471 g/mol. The predicted octanol–water partition coefficient (Wildman–Crippen LogP) is 7.84. The van der Waals surface area contributed by atoms with E-state index in [0.29, 0.717) is 17.0 Å². The number of hydrogen-bond donors (Lipinski definition) is 1.